The molecule has 2 aliphatic rings. The van der Waals surface area contributed by atoms with Crippen molar-refractivity contribution in [2.24, 2.45) is 0 Å². The van der Waals surface area contributed by atoms with Crippen LogP contribution < -0.4 is 5.32 Å². The molecular formula is C12H18N4OS. The molecule has 1 N–H and O–H groups in total. The molecule has 6 heteroatoms. The third-order valence-electron chi connectivity index (χ3n) is 3.66. The van der Waals surface area contributed by atoms with Gasteiger partial charge in [0.2, 0.25) is 0 Å². The van der Waals surface area contributed by atoms with Crippen LogP contribution >= 0.6 is 11.3 Å². The number of nitrogens with zero attached hydrogens (tertiary/aromatic N) is 3. The molecule has 1 aromatic rings. The first-order valence-electron chi connectivity index (χ1n) is 6.40. The highest BCUT2D eigenvalue weighted by Gasteiger charge is 2.36. The number of thiazole rings is 1. The minimum Gasteiger partial charge on any atom is -0.334 e. The number of amides is 1. The molecule has 1 aromatic heterocycles. The molecular weight excluding hydrogens is 248 g/mol. The second-order valence-corrected chi connectivity index (χ2v) is 5.96. The Morgan fingerprint density at radius 2 is 2.17 bits per heavy atom. The Labute approximate surface area is 111 Å². The Bertz CT molecular complexity index is 435. The van der Waals surface area contributed by atoms with Crippen molar-refractivity contribution >= 4 is 17.2 Å². The summed E-state index contributed by atoms with van der Waals surface area (Å²) in [5.41, 5.74) is 0.608. The van der Waals surface area contributed by atoms with Gasteiger partial charge in [0.25, 0.3) is 5.91 Å². The van der Waals surface area contributed by atoms with Crippen LogP contribution in [-0.4, -0.2) is 66.0 Å². The summed E-state index contributed by atoms with van der Waals surface area (Å²) in [6.07, 6.45) is 0. The molecule has 98 valence electrons. The Balaban J connectivity index is 1.53. The highest BCUT2D eigenvalue weighted by atomic mass is 32.1. The van der Waals surface area contributed by atoms with Crippen molar-refractivity contribution in [3.8, 4) is 0 Å². The van der Waals surface area contributed by atoms with Gasteiger partial charge in [-0.15, -0.1) is 11.3 Å². The van der Waals surface area contributed by atoms with Gasteiger partial charge in [-0.05, 0) is 6.92 Å². The molecule has 2 fully saturated rings. The second-order valence-electron chi connectivity index (χ2n) is 4.90. The number of carbonyl (C=O) groups is 1. The van der Waals surface area contributed by atoms with Gasteiger partial charge < -0.3 is 10.2 Å². The quantitative estimate of drug-likeness (QED) is 0.830. The zero-order valence-electron chi connectivity index (χ0n) is 10.6. The Morgan fingerprint density at radius 3 is 2.78 bits per heavy atom. The number of nitrogens with one attached hydrogen (secondary N) is 1. The van der Waals surface area contributed by atoms with Gasteiger partial charge in [0.1, 0.15) is 5.69 Å². The normalized spacial score (nSPS) is 21.9. The van der Waals surface area contributed by atoms with Crippen LogP contribution in [0.1, 0.15) is 15.5 Å². The number of piperazine rings is 1. The van der Waals surface area contributed by atoms with Crippen molar-refractivity contribution in [3.63, 3.8) is 0 Å². The van der Waals surface area contributed by atoms with Crippen molar-refractivity contribution < 1.29 is 4.79 Å². The van der Waals surface area contributed by atoms with E-state index in [0.29, 0.717) is 11.7 Å². The summed E-state index contributed by atoms with van der Waals surface area (Å²) in [6.45, 7) is 7.97. The SMILES string of the molecule is Cc1nc(C(=O)N2CC(N3CCNCC3)C2)cs1. The van der Waals surface area contributed by atoms with E-state index >= 15 is 0 Å². The van der Waals surface area contributed by atoms with Gasteiger partial charge in [-0.25, -0.2) is 4.98 Å². The predicted octanol–water partition coefficient (Wildman–Crippen LogP) is 0.181. The maximum atomic E-state index is 12.1. The second kappa shape index (κ2) is 4.95. The van der Waals surface area contributed by atoms with Gasteiger partial charge in [0.15, 0.2) is 0 Å². The zero-order chi connectivity index (χ0) is 12.5. The van der Waals surface area contributed by atoms with E-state index in [4.69, 9.17) is 0 Å². The Hall–Kier alpha value is -0.980. The van der Waals surface area contributed by atoms with Crippen LogP contribution in [0, 0.1) is 6.92 Å². The molecule has 0 bridgehead atoms. The average molecular weight is 266 g/mol. The van der Waals surface area contributed by atoms with Crippen LogP contribution in [0.4, 0.5) is 0 Å². The fourth-order valence-electron chi connectivity index (χ4n) is 2.52. The lowest BCUT2D eigenvalue weighted by atomic mass is 10.1. The van der Waals surface area contributed by atoms with E-state index in [0.717, 1.165) is 44.3 Å². The smallest absolute Gasteiger partial charge is 0.273 e. The molecule has 18 heavy (non-hydrogen) atoms. The summed E-state index contributed by atoms with van der Waals surface area (Å²) in [5.74, 6) is 0.0886. The predicted molar refractivity (Wildman–Crippen MR) is 71.0 cm³/mol. The highest BCUT2D eigenvalue weighted by Crippen LogP contribution is 2.19. The largest absolute Gasteiger partial charge is 0.334 e. The summed E-state index contributed by atoms with van der Waals surface area (Å²) in [4.78, 5) is 20.7. The number of rotatable bonds is 2. The molecule has 0 atom stereocenters. The van der Waals surface area contributed by atoms with Gasteiger partial charge in [-0.1, -0.05) is 0 Å². The van der Waals surface area contributed by atoms with E-state index in [1.165, 1.54) is 11.3 Å². The van der Waals surface area contributed by atoms with Gasteiger partial charge in [0, 0.05) is 50.7 Å². The van der Waals surface area contributed by atoms with E-state index in [2.05, 4.69) is 15.2 Å². The van der Waals surface area contributed by atoms with Gasteiger partial charge in [-0.2, -0.15) is 0 Å². The minimum atomic E-state index is 0.0886. The molecule has 1 amide bonds. The number of aryl methyl sites for hydroxylation is 1. The first-order valence-corrected chi connectivity index (χ1v) is 7.28. The fourth-order valence-corrected chi connectivity index (χ4v) is 3.11. The van der Waals surface area contributed by atoms with Crippen molar-refractivity contribution in [3.05, 3.63) is 16.1 Å². The molecule has 2 aliphatic heterocycles. The average Bonchev–Trinajstić information content (AvgIpc) is 2.75. The summed E-state index contributed by atoms with van der Waals surface area (Å²) in [7, 11) is 0. The first kappa shape index (κ1) is 12.1. The summed E-state index contributed by atoms with van der Waals surface area (Å²) < 4.78 is 0. The molecule has 0 saturated carbocycles. The van der Waals surface area contributed by atoms with Crippen molar-refractivity contribution in [2.75, 3.05) is 39.3 Å². The van der Waals surface area contributed by atoms with Crippen LogP contribution in [0.3, 0.4) is 0 Å². The van der Waals surface area contributed by atoms with Crippen molar-refractivity contribution in [1.82, 2.24) is 20.1 Å². The Kier molecular flexibility index (Phi) is 3.32. The topological polar surface area (TPSA) is 48.5 Å². The zero-order valence-corrected chi connectivity index (χ0v) is 11.4. The van der Waals surface area contributed by atoms with Gasteiger partial charge in [0.05, 0.1) is 5.01 Å². The fraction of sp³-hybridized carbons (Fsp3) is 0.667. The van der Waals surface area contributed by atoms with Crippen molar-refractivity contribution in [2.45, 2.75) is 13.0 Å². The maximum Gasteiger partial charge on any atom is 0.273 e. The van der Waals surface area contributed by atoms with Crippen molar-refractivity contribution in [1.29, 1.82) is 0 Å². The molecule has 3 heterocycles. The van der Waals surface area contributed by atoms with E-state index < -0.39 is 0 Å². The molecule has 0 unspecified atom stereocenters. The molecule has 3 rings (SSSR count). The molecule has 0 aromatic carbocycles. The van der Waals surface area contributed by atoms with E-state index in [1.807, 2.05) is 17.2 Å². The van der Waals surface area contributed by atoms with Crippen LogP contribution in [0.25, 0.3) is 0 Å². The van der Waals surface area contributed by atoms with Crippen LogP contribution in [0.2, 0.25) is 0 Å². The van der Waals surface area contributed by atoms with E-state index in [9.17, 15) is 4.79 Å². The van der Waals surface area contributed by atoms with Crippen LogP contribution in [0.15, 0.2) is 5.38 Å². The monoisotopic (exact) mass is 266 g/mol. The number of likely N-dealkylation sites (tertiary alicyclic amines) is 1. The molecule has 0 radical (unpaired) electrons. The lowest BCUT2D eigenvalue weighted by Crippen LogP contribution is -2.63. The Morgan fingerprint density at radius 1 is 1.44 bits per heavy atom. The number of hydrogen-bond acceptors (Lipinski definition) is 5. The van der Waals surface area contributed by atoms with Crippen LogP contribution in [-0.2, 0) is 0 Å². The summed E-state index contributed by atoms with van der Waals surface area (Å²) in [5, 5.41) is 6.16. The summed E-state index contributed by atoms with van der Waals surface area (Å²) in [6, 6.07) is 0.552. The van der Waals surface area contributed by atoms with E-state index in [1.54, 1.807) is 0 Å². The molecule has 0 aliphatic carbocycles. The molecule has 5 nitrogen and oxygen atoms in total. The standard InChI is InChI=1S/C12H18N4OS/c1-9-14-11(8-18-9)12(17)16-6-10(7-16)15-4-2-13-3-5-15/h8,10,13H,2-7H2,1H3. The van der Waals surface area contributed by atoms with Gasteiger partial charge >= 0.3 is 0 Å². The lowest BCUT2D eigenvalue weighted by molar-refractivity contribution is 0.0223. The first-order chi connectivity index (χ1) is 8.74. The van der Waals surface area contributed by atoms with Gasteiger partial charge in [-0.3, -0.25) is 9.69 Å². The van der Waals surface area contributed by atoms with Crippen LogP contribution in [0.5, 0.6) is 0 Å². The number of hydrogen-bond donors (Lipinski definition) is 1. The summed E-state index contributed by atoms with van der Waals surface area (Å²) >= 11 is 1.54. The molecule has 0 spiro atoms. The lowest BCUT2D eigenvalue weighted by Gasteiger charge is -2.46. The maximum absolute atomic E-state index is 12.1. The van der Waals surface area contributed by atoms with E-state index in [-0.39, 0.29) is 5.91 Å². The minimum absolute atomic E-state index is 0.0886. The third-order valence-corrected chi connectivity index (χ3v) is 4.43. The highest BCUT2D eigenvalue weighted by molar-refractivity contribution is 7.09. The number of carbonyl (C=O) groups excluding carboxylic acids is 1. The third kappa shape index (κ3) is 2.28. The number of aromatic nitrogens is 1. The molecule has 2 saturated heterocycles.